The lowest BCUT2D eigenvalue weighted by Gasteiger charge is -2.38. The number of halogens is 1. The lowest BCUT2D eigenvalue weighted by Crippen LogP contribution is -2.47. The molecule has 1 atom stereocenters. The molecule has 1 unspecified atom stereocenters. The Labute approximate surface area is 95.7 Å². The minimum Gasteiger partial charge on any atom is -0.379 e. The van der Waals surface area contributed by atoms with Gasteiger partial charge in [-0.1, -0.05) is 30.9 Å². The molecule has 1 aromatic carbocycles. The maximum atomic E-state index is 12.8. The van der Waals surface area contributed by atoms with Crippen LogP contribution in [0.4, 0.5) is 4.39 Å². The van der Waals surface area contributed by atoms with Crippen molar-refractivity contribution < 1.29 is 4.39 Å². The van der Waals surface area contributed by atoms with Crippen LogP contribution in [0.2, 0.25) is 0 Å². The van der Waals surface area contributed by atoms with Gasteiger partial charge < -0.3 is 5.32 Å². The second kappa shape index (κ2) is 4.12. The summed E-state index contributed by atoms with van der Waals surface area (Å²) in [6, 6.07) is 6.69. The van der Waals surface area contributed by atoms with E-state index < -0.39 is 0 Å². The average Bonchev–Trinajstić information content (AvgIpc) is 2.17. The Kier molecular flexibility index (Phi) is 2.82. The summed E-state index contributed by atoms with van der Waals surface area (Å²) in [6.07, 6.45) is 6.17. The molecule has 0 aromatic heterocycles. The fourth-order valence-corrected chi connectivity index (χ4v) is 2.06. The van der Waals surface area contributed by atoms with Crippen molar-refractivity contribution in [2.45, 2.75) is 25.3 Å². The zero-order valence-corrected chi connectivity index (χ0v) is 9.46. The van der Waals surface area contributed by atoms with Crippen molar-refractivity contribution in [3.63, 3.8) is 0 Å². The third-order valence-electron chi connectivity index (χ3n) is 2.81. The zero-order chi connectivity index (χ0) is 11.6. The molecule has 0 amide bonds. The normalized spacial score (nSPS) is 22.6. The van der Waals surface area contributed by atoms with Crippen LogP contribution in [0.5, 0.6) is 0 Å². The van der Waals surface area contributed by atoms with Gasteiger partial charge in [-0.05, 0) is 37.5 Å². The number of rotatable bonds is 4. The highest BCUT2D eigenvalue weighted by atomic mass is 19.1. The van der Waals surface area contributed by atoms with E-state index in [0.717, 1.165) is 24.1 Å². The van der Waals surface area contributed by atoms with Crippen LogP contribution in [-0.4, -0.2) is 5.54 Å². The van der Waals surface area contributed by atoms with E-state index in [1.165, 1.54) is 12.1 Å². The summed E-state index contributed by atoms with van der Waals surface area (Å²) in [7, 11) is 0. The first-order valence-corrected chi connectivity index (χ1v) is 5.45. The number of nitrogens with one attached hydrogen (secondary N) is 1. The molecule has 0 bridgehead atoms. The Morgan fingerprint density at radius 3 is 2.50 bits per heavy atom. The van der Waals surface area contributed by atoms with Gasteiger partial charge in [0, 0.05) is 5.70 Å². The van der Waals surface area contributed by atoms with Crippen LogP contribution in [0.3, 0.4) is 0 Å². The Morgan fingerprint density at radius 1 is 1.44 bits per heavy atom. The lowest BCUT2D eigenvalue weighted by atomic mass is 9.80. The first-order chi connectivity index (χ1) is 7.60. The SMILES string of the molecule is C=C(C)NC1(Cc2ccc(F)cc2)C=CC1. The summed E-state index contributed by atoms with van der Waals surface area (Å²) in [4.78, 5) is 0. The van der Waals surface area contributed by atoms with Crippen LogP contribution < -0.4 is 5.32 Å². The van der Waals surface area contributed by atoms with Gasteiger partial charge in [0.05, 0.1) is 5.54 Å². The molecule has 1 aromatic rings. The Morgan fingerprint density at radius 2 is 2.06 bits per heavy atom. The number of hydrogen-bond donors (Lipinski definition) is 1. The maximum Gasteiger partial charge on any atom is 0.123 e. The quantitative estimate of drug-likeness (QED) is 0.764. The molecule has 0 radical (unpaired) electrons. The molecule has 0 aliphatic heterocycles. The van der Waals surface area contributed by atoms with E-state index in [9.17, 15) is 4.39 Å². The van der Waals surface area contributed by atoms with Gasteiger partial charge in [-0.15, -0.1) is 0 Å². The molecule has 1 nitrogen and oxygen atoms in total. The van der Waals surface area contributed by atoms with Crippen molar-refractivity contribution in [3.8, 4) is 0 Å². The predicted octanol–water partition coefficient (Wildman–Crippen LogP) is 3.19. The van der Waals surface area contributed by atoms with Crippen molar-refractivity contribution in [2.75, 3.05) is 0 Å². The fourth-order valence-electron chi connectivity index (χ4n) is 2.06. The van der Waals surface area contributed by atoms with Crippen molar-refractivity contribution in [2.24, 2.45) is 0 Å². The Balaban J connectivity index is 2.10. The second-order valence-corrected chi connectivity index (χ2v) is 4.47. The molecule has 0 spiro atoms. The average molecular weight is 217 g/mol. The molecular weight excluding hydrogens is 201 g/mol. The highest BCUT2D eigenvalue weighted by Gasteiger charge is 2.31. The molecular formula is C14H16FN. The summed E-state index contributed by atoms with van der Waals surface area (Å²) in [6.45, 7) is 5.83. The first kappa shape index (κ1) is 10.9. The smallest absolute Gasteiger partial charge is 0.123 e. The van der Waals surface area contributed by atoms with Crippen LogP contribution in [0, 0.1) is 5.82 Å². The highest BCUT2D eigenvalue weighted by Crippen LogP contribution is 2.28. The molecule has 2 heteroatoms. The van der Waals surface area contributed by atoms with Gasteiger partial charge in [0.15, 0.2) is 0 Å². The van der Waals surface area contributed by atoms with E-state index in [1.807, 2.05) is 19.1 Å². The van der Waals surface area contributed by atoms with Gasteiger partial charge in [-0.3, -0.25) is 0 Å². The summed E-state index contributed by atoms with van der Waals surface area (Å²) >= 11 is 0. The van der Waals surface area contributed by atoms with E-state index in [1.54, 1.807) is 0 Å². The minimum atomic E-state index is -0.185. The zero-order valence-electron chi connectivity index (χ0n) is 9.46. The molecule has 0 fully saturated rings. The van der Waals surface area contributed by atoms with Crippen LogP contribution in [0.15, 0.2) is 48.7 Å². The second-order valence-electron chi connectivity index (χ2n) is 4.47. The molecule has 1 aliphatic carbocycles. The van der Waals surface area contributed by atoms with Gasteiger partial charge >= 0.3 is 0 Å². The van der Waals surface area contributed by atoms with E-state index in [2.05, 4.69) is 24.0 Å². The molecule has 16 heavy (non-hydrogen) atoms. The Hall–Kier alpha value is -1.57. The molecule has 1 aliphatic rings. The Bertz CT molecular complexity index is 419. The third-order valence-corrected chi connectivity index (χ3v) is 2.81. The van der Waals surface area contributed by atoms with Gasteiger partial charge in [-0.25, -0.2) is 4.39 Å². The first-order valence-electron chi connectivity index (χ1n) is 5.45. The number of benzene rings is 1. The van der Waals surface area contributed by atoms with Crippen LogP contribution in [0.25, 0.3) is 0 Å². The van der Waals surface area contributed by atoms with Gasteiger partial charge in [0.25, 0.3) is 0 Å². The minimum absolute atomic E-state index is 0.0103. The predicted molar refractivity (Wildman–Crippen MR) is 64.5 cm³/mol. The monoisotopic (exact) mass is 217 g/mol. The van der Waals surface area contributed by atoms with E-state index >= 15 is 0 Å². The third kappa shape index (κ3) is 2.32. The molecule has 0 saturated carbocycles. The fraction of sp³-hybridized carbons (Fsp3) is 0.286. The molecule has 2 rings (SSSR count). The summed E-state index contributed by atoms with van der Waals surface area (Å²) in [5, 5.41) is 3.38. The maximum absolute atomic E-state index is 12.8. The topological polar surface area (TPSA) is 12.0 Å². The highest BCUT2D eigenvalue weighted by molar-refractivity contribution is 5.29. The van der Waals surface area contributed by atoms with Crippen LogP contribution in [-0.2, 0) is 6.42 Å². The van der Waals surface area contributed by atoms with Gasteiger partial charge in [0.2, 0.25) is 0 Å². The molecule has 84 valence electrons. The summed E-state index contributed by atoms with van der Waals surface area (Å²) in [5.74, 6) is -0.185. The van der Waals surface area contributed by atoms with Crippen LogP contribution in [0.1, 0.15) is 18.9 Å². The van der Waals surface area contributed by atoms with Crippen molar-refractivity contribution in [1.82, 2.24) is 5.32 Å². The van der Waals surface area contributed by atoms with Crippen molar-refractivity contribution in [3.05, 3.63) is 60.1 Å². The summed E-state index contributed by atoms with van der Waals surface area (Å²) in [5.41, 5.74) is 2.09. The van der Waals surface area contributed by atoms with Crippen molar-refractivity contribution >= 4 is 0 Å². The van der Waals surface area contributed by atoms with Crippen molar-refractivity contribution in [1.29, 1.82) is 0 Å². The molecule has 0 heterocycles. The van der Waals surface area contributed by atoms with E-state index in [0.29, 0.717) is 0 Å². The van der Waals surface area contributed by atoms with Gasteiger partial charge in [-0.2, -0.15) is 0 Å². The van der Waals surface area contributed by atoms with E-state index in [4.69, 9.17) is 0 Å². The largest absolute Gasteiger partial charge is 0.379 e. The van der Waals surface area contributed by atoms with Crippen LogP contribution >= 0.6 is 0 Å². The lowest BCUT2D eigenvalue weighted by molar-refractivity contribution is 0.408. The van der Waals surface area contributed by atoms with Gasteiger partial charge in [0.1, 0.15) is 5.82 Å². The standard InChI is InChI=1S/C14H16FN/c1-11(2)16-14(8-3-9-14)10-12-4-6-13(15)7-5-12/h3-8,16H,1,9-10H2,2H3. The summed E-state index contributed by atoms with van der Waals surface area (Å²) < 4.78 is 12.8. The van der Waals surface area contributed by atoms with E-state index in [-0.39, 0.29) is 11.4 Å². The molecule has 0 saturated heterocycles. The molecule has 1 N–H and O–H groups in total. The number of allylic oxidation sites excluding steroid dienone is 1. The number of hydrogen-bond acceptors (Lipinski definition) is 1.